The first kappa shape index (κ1) is 15.4. The fourth-order valence-electron chi connectivity index (χ4n) is 1.48. The fraction of sp³-hybridized carbons (Fsp3) is 0.571. The van der Waals surface area contributed by atoms with Gasteiger partial charge in [-0.05, 0) is 39.3 Å². The summed E-state index contributed by atoms with van der Waals surface area (Å²) in [6.45, 7) is 7.37. The number of methoxy groups -OCH3 is 1. The molecule has 1 rings (SSSR count). The molecule has 0 saturated heterocycles. The molecule has 1 aromatic rings. The summed E-state index contributed by atoms with van der Waals surface area (Å²) in [6.07, 6.45) is 2.50. The van der Waals surface area contributed by atoms with Crippen LogP contribution < -0.4 is 10.6 Å². The first-order valence-corrected chi connectivity index (χ1v) is 6.44. The molecule has 0 aliphatic rings. The van der Waals surface area contributed by atoms with E-state index < -0.39 is 0 Å². The lowest BCUT2D eigenvalue weighted by Gasteiger charge is -2.20. The van der Waals surface area contributed by atoms with Crippen molar-refractivity contribution in [2.24, 2.45) is 0 Å². The zero-order chi connectivity index (χ0) is 14.3. The Hall–Kier alpha value is -1.62. The Morgan fingerprint density at radius 2 is 2.11 bits per heavy atom. The molecule has 0 unspecified atom stereocenters. The van der Waals surface area contributed by atoms with Crippen LogP contribution in [0.15, 0.2) is 18.3 Å². The Morgan fingerprint density at radius 3 is 2.63 bits per heavy atom. The van der Waals surface area contributed by atoms with Gasteiger partial charge in [0.25, 0.3) is 5.91 Å². The van der Waals surface area contributed by atoms with E-state index in [1.807, 2.05) is 26.8 Å². The number of pyridine rings is 1. The van der Waals surface area contributed by atoms with Gasteiger partial charge in [-0.15, -0.1) is 0 Å². The molecule has 0 atom stereocenters. The second kappa shape index (κ2) is 7.09. The number of rotatable bonds is 6. The van der Waals surface area contributed by atoms with Crippen LogP contribution in [0.4, 0.5) is 5.82 Å². The minimum atomic E-state index is -0.242. The van der Waals surface area contributed by atoms with Gasteiger partial charge in [-0.2, -0.15) is 0 Å². The highest BCUT2D eigenvalue weighted by molar-refractivity contribution is 5.94. The standard InChI is InChI=1S/C14H23N3O2/c1-14(2,3)17-13(18)11-6-7-12(16-10-11)15-8-5-9-19-4/h6-7,10H,5,8-9H2,1-4H3,(H,15,16)(H,17,18). The lowest BCUT2D eigenvalue weighted by atomic mass is 10.1. The maximum absolute atomic E-state index is 11.9. The molecule has 5 heteroatoms. The van der Waals surface area contributed by atoms with Crippen molar-refractivity contribution in [1.82, 2.24) is 10.3 Å². The van der Waals surface area contributed by atoms with E-state index >= 15 is 0 Å². The maximum atomic E-state index is 11.9. The van der Waals surface area contributed by atoms with Crippen molar-refractivity contribution < 1.29 is 9.53 Å². The average Bonchev–Trinajstić information content (AvgIpc) is 2.33. The van der Waals surface area contributed by atoms with Crippen LogP contribution in [0, 0.1) is 0 Å². The second-order valence-electron chi connectivity index (χ2n) is 5.41. The van der Waals surface area contributed by atoms with Crippen molar-refractivity contribution in [2.45, 2.75) is 32.7 Å². The smallest absolute Gasteiger partial charge is 0.253 e. The predicted molar refractivity (Wildman–Crippen MR) is 76.4 cm³/mol. The molecule has 2 N–H and O–H groups in total. The lowest BCUT2D eigenvalue weighted by Crippen LogP contribution is -2.40. The molecule has 0 aliphatic heterocycles. The van der Waals surface area contributed by atoms with Crippen molar-refractivity contribution in [2.75, 3.05) is 25.6 Å². The number of carbonyl (C=O) groups is 1. The van der Waals surface area contributed by atoms with Crippen LogP contribution in [-0.4, -0.2) is 36.7 Å². The fourth-order valence-corrected chi connectivity index (χ4v) is 1.48. The van der Waals surface area contributed by atoms with Crippen molar-refractivity contribution in [3.8, 4) is 0 Å². The molecule has 0 bridgehead atoms. The highest BCUT2D eigenvalue weighted by Crippen LogP contribution is 2.07. The molecule has 19 heavy (non-hydrogen) atoms. The Kier molecular flexibility index (Phi) is 5.76. The first-order chi connectivity index (χ1) is 8.92. The minimum absolute atomic E-state index is 0.106. The SMILES string of the molecule is COCCCNc1ccc(C(=O)NC(C)(C)C)cn1. The van der Waals surface area contributed by atoms with Crippen molar-refractivity contribution in [3.63, 3.8) is 0 Å². The van der Waals surface area contributed by atoms with Gasteiger partial charge in [0.15, 0.2) is 0 Å². The molecule has 1 heterocycles. The van der Waals surface area contributed by atoms with Gasteiger partial charge in [0.1, 0.15) is 5.82 Å². The molecule has 5 nitrogen and oxygen atoms in total. The van der Waals surface area contributed by atoms with Crippen LogP contribution in [-0.2, 0) is 4.74 Å². The summed E-state index contributed by atoms with van der Waals surface area (Å²) in [5.41, 5.74) is 0.325. The number of anilines is 1. The Morgan fingerprint density at radius 1 is 1.37 bits per heavy atom. The van der Waals surface area contributed by atoms with E-state index in [0.717, 1.165) is 25.4 Å². The molecule has 0 aromatic carbocycles. The van der Waals surface area contributed by atoms with Crippen LogP contribution in [0.2, 0.25) is 0 Å². The van der Waals surface area contributed by atoms with E-state index in [1.165, 1.54) is 0 Å². The molecule has 0 aliphatic carbocycles. The molecule has 0 fully saturated rings. The molecule has 1 amide bonds. The van der Waals surface area contributed by atoms with Crippen LogP contribution in [0.1, 0.15) is 37.6 Å². The summed E-state index contributed by atoms with van der Waals surface area (Å²) < 4.78 is 4.96. The zero-order valence-electron chi connectivity index (χ0n) is 12.1. The van der Waals surface area contributed by atoms with Crippen LogP contribution in [0.3, 0.4) is 0 Å². The zero-order valence-corrected chi connectivity index (χ0v) is 12.1. The summed E-state index contributed by atoms with van der Waals surface area (Å²) in [5.74, 6) is 0.661. The van der Waals surface area contributed by atoms with E-state index in [-0.39, 0.29) is 11.4 Å². The number of ether oxygens (including phenoxy) is 1. The van der Waals surface area contributed by atoms with Gasteiger partial charge >= 0.3 is 0 Å². The van der Waals surface area contributed by atoms with Gasteiger partial charge < -0.3 is 15.4 Å². The normalized spacial score (nSPS) is 11.2. The Labute approximate surface area is 114 Å². The highest BCUT2D eigenvalue weighted by Gasteiger charge is 2.15. The molecule has 0 radical (unpaired) electrons. The van der Waals surface area contributed by atoms with Crippen LogP contribution >= 0.6 is 0 Å². The summed E-state index contributed by atoms with van der Waals surface area (Å²) >= 11 is 0. The Balaban J connectivity index is 2.49. The number of carbonyl (C=O) groups excluding carboxylic acids is 1. The number of nitrogens with zero attached hydrogens (tertiary/aromatic N) is 1. The minimum Gasteiger partial charge on any atom is -0.385 e. The van der Waals surface area contributed by atoms with Gasteiger partial charge in [0, 0.05) is 32.0 Å². The van der Waals surface area contributed by atoms with E-state index in [4.69, 9.17) is 4.74 Å². The summed E-state index contributed by atoms with van der Waals surface area (Å²) in [4.78, 5) is 16.1. The van der Waals surface area contributed by atoms with E-state index in [2.05, 4.69) is 15.6 Å². The third-order valence-corrected chi connectivity index (χ3v) is 2.35. The number of hydrogen-bond acceptors (Lipinski definition) is 4. The van der Waals surface area contributed by atoms with Crippen molar-refractivity contribution >= 4 is 11.7 Å². The van der Waals surface area contributed by atoms with Gasteiger partial charge in [-0.1, -0.05) is 0 Å². The molecular weight excluding hydrogens is 242 g/mol. The summed E-state index contributed by atoms with van der Waals surface area (Å²) in [6, 6.07) is 3.58. The third-order valence-electron chi connectivity index (χ3n) is 2.35. The molecular formula is C14H23N3O2. The summed E-state index contributed by atoms with van der Waals surface area (Å²) in [5, 5.41) is 6.07. The van der Waals surface area contributed by atoms with Crippen LogP contribution in [0.25, 0.3) is 0 Å². The Bertz CT molecular complexity index is 396. The number of aromatic nitrogens is 1. The highest BCUT2D eigenvalue weighted by atomic mass is 16.5. The third kappa shape index (κ3) is 6.20. The van der Waals surface area contributed by atoms with Crippen molar-refractivity contribution in [3.05, 3.63) is 23.9 Å². The van der Waals surface area contributed by atoms with Gasteiger partial charge in [0.2, 0.25) is 0 Å². The topological polar surface area (TPSA) is 63.2 Å². The second-order valence-corrected chi connectivity index (χ2v) is 5.41. The summed E-state index contributed by atoms with van der Waals surface area (Å²) in [7, 11) is 1.68. The largest absolute Gasteiger partial charge is 0.385 e. The molecule has 0 saturated carbocycles. The number of hydrogen-bond donors (Lipinski definition) is 2. The molecule has 0 spiro atoms. The van der Waals surface area contributed by atoms with E-state index in [0.29, 0.717) is 5.56 Å². The monoisotopic (exact) mass is 265 g/mol. The van der Waals surface area contributed by atoms with Crippen molar-refractivity contribution in [1.29, 1.82) is 0 Å². The maximum Gasteiger partial charge on any atom is 0.253 e. The average molecular weight is 265 g/mol. The lowest BCUT2D eigenvalue weighted by molar-refractivity contribution is 0.0919. The van der Waals surface area contributed by atoms with E-state index in [1.54, 1.807) is 19.4 Å². The quantitative estimate of drug-likeness (QED) is 0.773. The number of amides is 1. The van der Waals surface area contributed by atoms with Gasteiger partial charge in [-0.3, -0.25) is 4.79 Å². The molecule has 106 valence electrons. The first-order valence-electron chi connectivity index (χ1n) is 6.44. The van der Waals surface area contributed by atoms with Gasteiger partial charge in [0.05, 0.1) is 5.56 Å². The number of nitrogens with one attached hydrogen (secondary N) is 2. The van der Waals surface area contributed by atoms with E-state index in [9.17, 15) is 4.79 Å². The van der Waals surface area contributed by atoms with Crippen LogP contribution in [0.5, 0.6) is 0 Å². The molecule has 1 aromatic heterocycles. The predicted octanol–water partition coefficient (Wildman–Crippen LogP) is 2.06. The van der Waals surface area contributed by atoms with Gasteiger partial charge in [-0.25, -0.2) is 4.98 Å².